The highest BCUT2D eigenvalue weighted by molar-refractivity contribution is 8.16. The zero-order chi connectivity index (χ0) is 20.5. The SMILES string of the molecule is COC(=O)C1=C(C)N=C2SC=C(CC(=O)NCC3CC3)N2C1c1cccc(Cl)c1. The fourth-order valence-corrected chi connectivity index (χ4v) is 4.70. The van der Waals surface area contributed by atoms with Gasteiger partial charge < -0.3 is 15.0 Å². The van der Waals surface area contributed by atoms with Gasteiger partial charge in [0.1, 0.15) is 0 Å². The number of allylic oxidation sites excluding steroid dienone is 1. The molecule has 1 atom stereocenters. The van der Waals surface area contributed by atoms with Gasteiger partial charge in [-0.15, -0.1) is 0 Å². The van der Waals surface area contributed by atoms with Crippen LogP contribution >= 0.6 is 23.4 Å². The molecule has 1 aromatic rings. The number of benzene rings is 1. The molecule has 1 N–H and O–H groups in total. The number of thioether (sulfide) groups is 1. The Kier molecular flexibility index (Phi) is 5.69. The van der Waals surface area contributed by atoms with Gasteiger partial charge in [-0.2, -0.15) is 0 Å². The van der Waals surface area contributed by atoms with Gasteiger partial charge in [-0.3, -0.25) is 4.79 Å². The highest BCUT2D eigenvalue weighted by Crippen LogP contribution is 2.45. The summed E-state index contributed by atoms with van der Waals surface area (Å²) in [6.07, 6.45) is 2.60. The van der Waals surface area contributed by atoms with E-state index in [0.717, 1.165) is 23.0 Å². The van der Waals surface area contributed by atoms with Crippen LogP contribution in [0.2, 0.25) is 5.02 Å². The van der Waals surface area contributed by atoms with E-state index in [1.165, 1.54) is 31.7 Å². The lowest BCUT2D eigenvalue weighted by Gasteiger charge is -2.36. The maximum absolute atomic E-state index is 12.6. The molecule has 0 aromatic heterocycles. The van der Waals surface area contributed by atoms with Crippen LogP contribution in [0.4, 0.5) is 0 Å². The topological polar surface area (TPSA) is 71.0 Å². The van der Waals surface area contributed by atoms with Crippen molar-refractivity contribution < 1.29 is 14.3 Å². The summed E-state index contributed by atoms with van der Waals surface area (Å²) in [6.45, 7) is 2.53. The van der Waals surface area contributed by atoms with Crippen LogP contribution in [0.25, 0.3) is 0 Å². The molecule has 152 valence electrons. The minimum atomic E-state index is -0.453. The largest absolute Gasteiger partial charge is 0.466 e. The third-order valence-electron chi connectivity index (χ3n) is 5.20. The average molecular weight is 432 g/mol. The number of nitrogens with one attached hydrogen (secondary N) is 1. The molecule has 8 heteroatoms. The fraction of sp³-hybridized carbons (Fsp3) is 0.381. The first-order valence-corrected chi connectivity index (χ1v) is 10.8. The number of fused-ring (bicyclic) bond motifs is 1. The second-order valence-electron chi connectivity index (χ2n) is 7.36. The summed E-state index contributed by atoms with van der Waals surface area (Å²) in [5, 5.41) is 6.25. The van der Waals surface area contributed by atoms with Gasteiger partial charge in [0.05, 0.1) is 30.8 Å². The van der Waals surface area contributed by atoms with Crippen molar-refractivity contribution in [2.75, 3.05) is 13.7 Å². The number of carbonyl (C=O) groups is 2. The van der Waals surface area contributed by atoms with Crippen molar-refractivity contribution in [3.8, 4) is 0 Å². The minimum absolute atomic E-state index is 0.0271. The quantitative estimate of drug-likeness (QED) is 0.689. The molecular formula is C21H22ClN3O3S. The number of rotatable bonds is 6. The summed E-state index contributed by atoms with van der Waals surface area (Å²) in [5.41, 5.74) is 2.70. The lowest BCUT2D eigenvalue weighted by Crippen LogP contribution is -2.38. The van der Waals surface area contributed by atoms with Crippen molar-refractivity contribution in [2.24, 2.45) is 10.9 Å². The molecular weight excluding hydrogens is 410 g/mol. The molecule has 2 aliphatic heterocycles. The van der Waals surface area contributed by atoms with Crippen LogP contribution in [0.15, 0.2) is 51.6 Å². The molecule has 29 heavy (non-hydrogen) atoms. The van der Waals surface area contributed by atoms with Crippen molar-refractivity contribution in [1.82, 2.24) is 10.2 Å². The van der Waals surface area contributed by atoms with Crippen LogP contribution in [0.1, 0.15) is 37.8 Å². The molecule has 4 rings (SSSR count). The Labute approximate surface area is 179 Å². The summed E-state index contributed by atoms with van der Waals surface area (Å²) in [6, 6.07) is 6.94. The Morgan fingerprint density at radius 1 is 1.38 bits per heavy atom. The number of aliphatic imine (C=N–C) groups is 1. The molecule has 1 aromatic carbocycles. The number of esters is 1. The summed E-state index contributed by atoms with van der Waals surface area (Å²) in [4.78, 5) is 31.7. The molecule has 1 aliphatic carbocycles. The Bertz CT molecular complexity index is 952. The van der Waals surface area contributed by atoms with E-state index in [1.807, 2.05) is 28.5 Å². The second kappa shape index (κ2) is 8.24. The van der Waals surface area contributed by atoms with E-state index in [0.29, 0.717) is 22.2 Å². The standard InChI is InChI=1S/C21H22ClN3O3S/c1-12-18(20(27)28-2)19(14-4-3-5-15(22)8-14)25-16(11-29-21(25)24-12)9-17(26)23-10-13-6-7-13/h3-5,8,11,13,19H,6-7,9-10H2,1-2H3,(H,23,26). The average Bonchev–Trinajstić information content (AvgIpc) is 3.46. The van der Waals surface area contributed by atoms with E-state index >= 15 is 0 Å². The molecule has 2 heterocycles. The van der Waals surface area contributed by atoms with Crippen molar-refractivity contribution in [1.29, 1.82) is 0 Å². The lowest BCUT2D eigenvalue weighted by atomic mass is 9.94. The van der Waals surface area contributed by atoms with Crippen LogP contribution in [0.5, 0.6) is 0 Å². The van der Waals surface area contributed by atoms with Gasteiger partial charge in [0, 0.05) is 17.3 Å². The monoisotopic (exact) mass is 431 g/mol. The summed E-state index contributed by atoms with van der Waals surface area (Å²) < 4.78 is 5.05. The van der Waals surface area contributed by atoms with Crippen molar-refractivity contribution in [3.05, 3.63) is 57.2 Å². The maximum Gasteiger partial charge on any atom is 0.338 e. The van der Waals surface area contributed by atoms with E-state index < -0.39 is 12.0 Å². The van der Waals surface area contributed by atoms with Gasteiger partial charge in [-0.1, -0.05) is 35.5 Å². The number of nitrogens with zero attached hydrogens (tertiary/aromatic N) is 2. The predicted octanol–water partition coefficient (Wildman–Crippen LogP) is 4.00. The first kappa shape index (κ1) is 20.0. The number of carbonyl (C=O) groups excluding carboxylic acids is 2. The number of hydrogen-bond donors (Lipinski definition) is 1. The van der Waals surface area contributed by atoms with E-state index in [9.17, 15) is 9.59 Å². The van der Waals surface area contributed by atoms with Crippen molar-refractivity contribution >= 4 is 40.4 Å². The van der Waals surface area contributed by atoms with Crippen LogP contribution in [-0.2, 0) is 14.3 Å². The van der Waals surface area contributed by atoms with Crippen molar-refractivity contribution in [2.45, 2.75) is 32.2 Å². The highest BCUT2D eigenvalue weighted by Gasteiger charge is 2.41. The van der Waals surface area contributed by atoms with Gasteiger partial charge in [0.15, 0.2) is 5.17 Å². The first-order chi connectivity index (χ1) is 14.0. The number of methoxy groups -OCH3 is 1. The molecule has 1 amide bonds. The van der Waals surface area contributed by atoms with E-state index in [2.05, 4.69) is 10.3 Å². The zero-order valence-electron chi connectivity index (χ0n) is 16.3. The number of halogens is 1. The maximum atomic E-state index is 12.6. The number of ether oxygens (including phenoxy) is 1. The molecule has 3 aliphatic rings. The molecule has 1 saturated carbocycles. The number of amides is 1. The smallest absolute Gasteiger partial charge is 0.338 e. The zero-order valence-corrected chi connectivity index (χ0v) is 17.8. The normalized spacial score (nSPS) is 20.8. The fourth-order valence-electron chi connectivity index (χ4n) is 3.54. The number of hydrogen-bond acceptors (Lipinski definition) is 6. The Hall–Kier alpha value is -2.25. The summed E-state index contributed by atoms with van der Waals surface area (Å²) in [5.74, 6) is 0.152. The third-order valence-corrected chi connectivity index (χ3v) is 6.32. The molecule has 1 fully saturated rings. The van der Waals surface area contributed by atoms with Gasteiger partial charge >= 0.3 is 5.97 Å². The summed E-state index contributed by atoms with van der Waals surface area (Å²) in [7, 11) is 1.36. The second-order valence-corrected chi connectivity index (χ2v) is 8.64. The molecule has 0 radical (unpaired) electrons. The number of amidine groups is 1. The van der Waals surface area contributed by atoms with Crippen LogP contribution in [0, 0.1) is 5.92 Å². The minimum Gasteiger partial charge on any atom is -0.466 e. The van der Waals surface area contributed by atoms with Gasteiger partial charge in [0.2, 0.25) is 5.91 Å². The molecule has 0 saturated heterocycles. The molecule has 1 unspecified atom stereocenters. The van der Waals surface area contributed by atoms with Crippen LogP contribution < -0.4 is 5.32 Å². The van der Waals surface area contributed by atoms with E-state index in [1.54, 1.807) is 13.0 Å². The van der Waals surface area contributed by atoms with Crippen molar-refractivity contribution in [3.63, 3.8) is 0 Å². The third kappa shape index (κ3) is 4.21. The van der Waals surface area contributed by atoms with E-state index in [-0.39, 0.29) is 12.3 Å². The Morgan fingerprint density at radius 3 is 2.86 bits per heavy atom. The van der Waals surface area contributed by atoms with E-state index in [4.69, 9.17) is 16.3 Å². The lowest BCUT2D eigenvalue weighted by molar-refractivity contribution is -0.136. The molecule has 0 bridgehead atoms. The van der Waals surface area contributed by atoms with Crippen LogP contribution in [-0.4, -0.2) is 35.6 Å². The van der Waals surface area contributed by atoms with Gasteiger partial charge in [0.25, 0.3) is 0 Å². The summed E-state index contributed by atoms with van der Waals surface area (Å²) >= 11 is 7.69. The highest BCUT2D eigenvalue weighted by atomic mass is 35.5. The van der Waals surface area contributed by atoms with Crippen LogP contribution in [0.3, 0.4) is 0 Å². The Balaban J connectivity index is 1.67. The van der Waals surface area contributed by atoms with Gasteiger partial charge in [-0.25, -0.2) is 9.79 Å². The Morgan fingerprint density at radius 2 is 2.17 bits per heavy atom. The molecule has 0 spiro atoms. The van der Waals surface area contributed by atoms with Gasteiger partial charge in [-0.05, 0) is 48.8 Å². The first-order valence-electron chi connectivity index (χ1n) is 9.52. The molecule has 6 nitrogen and oxygen atoms in total. The predicted molar refractivity (Wildman–Crippen MR) is 114 cm³/mol.